The van der Waals surface area contributed by atoms with Gasteiger partial charge in [-0.15, -0.1) is 0 Å². The molecule has 5 heteroatoms. The molecular formula is C18H25NO4. The van der Waals surface area contributed by atoms with Crippen molar-refractivity contribution in [1.29, 1.82) is 0 Å². The minimum atomic E-state index is -0.487. The summed E-state index contributed by atoms with van der Waals surface area (Å²) in [7, 11) is 1.38. The predicted molar refractivity (Wildman–Crippen MR) is 87.5 cm³/mol. The molecule has 0 saturated heterocycles. The number of methoxy groups -OCH3 is 1. The van der Waals surface area contributed by atoms with Crippen molar-refractivity contribution in [2.45, 2.75) is 45.6 Å². The number of hydrogen-bond donors (Lipinski definition) is 1. The normalized spacial score (nSPS) is 17.1. The number of amides is 1. The highest BCUT2D eigenvalue weighted by Gasteiger charge is 2.22. The van der Waals surface area contributed by atoms with Gasteiger partial charge in [-0.3, -0.25) is 0 Å². The van der Waals surface area contributed by atoms with Crippen LogP contribution in [0.1, 0.15) is 48.7 Å². The van der Waals surface area contributed by atoms with Gasteiger partial charge >= 0.3 is 12.1 Å². The van der Waals surface area contributed by atoms with Gasteiger partial charge in [0.15, 0.2) is 0 Å². The van der Waals surface area contributed by atoms with Crippen LogP contribution in [0.2, 0.25) is 0 Å². The van der Waals surface area contributed by atoms with Crippen molar-refractivity contribution in [3.8, 4) is 0 Å². The zero-order chi connectivity index (χ0) is 17.0. The van der Waals surface area contributed by atoms with E-state index in [1.165, 1.54) is 12.7 Å². The van der Waals surface area contributed by atoms with E-state index in [4.69, 9.17) is 9.47 Å². The smallest absolute Gasteiger partial charge is 0.407 e. The number of rotatable bonds is 3. The monoisotopic (exact) mass is 319 g/mol. The average molecular weight is 319 g/mol. The van der Waals surface area contributed by atoms with Gasteiger partial charge in [0.1, 0.15) is 5.60 Å². The molecule has 1 unspecified atom stereocenters. The Morgan fingerprint density at radius 3 is 2.65 bits per heavy atom. The Balaban J connectivity index is 1.94. The van der Waals surface area contributed by atoms with Crippen LogP contribution in [0.5, 0.6) is 0 Å². The number of aryl methyl sites for hydroxylation is 1. The van der Waals surface area contributed by atoms with E-state index in [-0.39, 0.29) is 12.1 Å². The average Bonchev–Trinajstić information content (AvgIpc) is 2.49. The minimum absolute atomic E-state index is 0.318. The van der Waals surface area contributed by atoms with Crippen molar-refractivity contribution in [3.05, 3.63) is 34.9 Å². The second-order valence-electron chi connectivity index (χ2n) is 6.97. The largest absolute Gasteiger partial charge is 0.465 e. The standard InChI is InChI=1S/C18H25NO4/c1-18(2,3)23-17(21)19-11-12-5-6-13-7-8-14(16(20)22-4)10-15(13)9-12/h7-8,10,12H,5-6,9,11H2,1-4H3,(H,19,21). The number of carbonyl (C=O) groups is 2. The first-order chi connectivity index (χ1) is 10.8. The zero-order valence-corrected chi connectivity index (χ0v) is 14.3. The molecule has 23 heavy (non-hydrogen) atoms. The van der Waals surface area contributed by atoms with Gasteiger partial charge in [0.05, 0.1) is 12.7 Å². The first kappa shape index (κ1) is 17.3. The topological polar surface area (TPSA) is 64.6 Å². The summed E-state index contributed by atoms with van der Waals surface area (Å²) in [5.41, 5.74) is 2.52. The molecule has 0 aliphatic heterocycles. The summed E-state index contributed by atoms with van der Waals surface area (Å²) in [5.74, 6) is 0.0321. The summed E-state index contributed by atoms with van der Waals surface area (Å²) >= 11 is 0. The van der Waals surface area contributed by atoms with Crippen molar-refractivity contribution in [3.63, 3.8) is 0 Å². The highest BCUT2D eigenvalue weighted by Crippen LogP contribution is 2.26. The summed E-state index contributed by atoms with van der Waals surface area (Å²) in [6.07, 6.45) is 2.43. The molecule has 1 aliphatic carbocycles. The fraction of sp³-hybridized carbons (Fsp3) is 0.556. The summed E-state index contributed by atoms with van der Waals surface area (Å²) in [6, 6.07) is 5.71. The Kier molecular flexibility index (Phi) is 5.29. The lowest BCUT2D eigenvalue weighted by Gasteiger charge is -2.26. The van der Waals surface area contributed by atoms with Crippen LogP contribution >= 0.6 is 0 Å². The first-order valence-electron chi connectivity index (χ1n) is 7.95. The number of hydrogen-bond acceptors (Lipinski definition) is 4. The number of fused-ring (bicyclic) bond motifs is 1. The molecule has 126 valence electrons. The van der Waals surface area contributed by atoms with E-state index in [1.807, 2.05) is 39.0 Å². The SMILES string of the molecule is COC(=O)c1ccc2c(c1)CC(CNC(=O)OC(C)(C)C)CC2. The summed E-state index contributed by atoms with van der Waals surface area (Å²) in [4.78, 5) is 23.4. The lowest BCUT2D eigenvalue weighted by atomic mass is 9.83. The Morgan fingerprint density at radius 2 is 2.00 bits per heavy atom. The van der Waals surface area contributed by atoms with Crippen molar-refractivity contribution in [2.24, 2.45) is 5.92 Å². The maximum atomic E-state index is 11.7. The maximum absolute atomic E-state index is 11.7. The molecule has 0 heterocycles. The van der Waals surface area contributed by atoms with Crippen molar-refractivity contribution in [1.82, 2.24) is 5.32 Å². The number of alkyl carbamates (subject to hydrolysis) is 1. The van der Waals surface area contributed by atoms with Crippen LogP contribution in [0.25, 0.3) is 0 Å². The Hall–Kier alpha value is -2.04. The van der Waals surface area contributed by atoms with E-state index in [1.54, 1.807) is 0 Å². The van der Waals surface area contributed by atoms with E-state index >= 15 is 0 Å². The molecule has 0 fully saturated rings. The molecule has 1 aliphatic rings. The number of benzene rings is 1. The van der Waals surface area contributed by atoms with Crippen LogP contribution in [0.3, 0.4) is 0 Å². The van der Waals surface area contributed by atoms with Crippen molar-refractivity contribution in [2.75, 3.05) is 13.7 Å². The summed E-state index contributed by atoms with van der Waals surface area (Å²) in [5, 5.41) is 2.84. The van der Waals surface area contributed by atoms with Crippen LogP contribution in [0.15, 0.2) is 18.2 Å². The Bertz CT molecular complexity index is 589. The lowest BCUT2D eigenvalue weighted by molar-refractivity contribution is 0.0517. The lowest BCUT2D eigenvalue weighted by Crippen LogP contribution is -2.36. The van der Waals surface area contributed by atoms with E-state index in [9.17, 15) is 9.59 Å². The molecule has 1 aromatic carbocycles. The van der Waals surface area contributed by atoms with E-state index in [2.05, 4.69) is 5.32 Å². The van der Waals surface area contributed by atoms with Gasteiger partial charge in [-0.05, 0) is 69.2 Å². The second kappa shape index (κ2) is 7.02. The summed E-state index contributed by atoms with van der Waals surface area (Å²) < 4.78 is 10.0. The van der Waals surface area contributed by atoms with Crippen LogP contribution in [0.4, 0.5) is 4.79 Å². The van der Waals surface area contributed by atoms with Gasteiger partial charge in [0.25, 0.3) is 0 Å². The molecule has 1 N–H and O–H groups in total. The Morgan fingerprint density at radius 1 is 1.26 bits per heavy atom. The molecule has 0 spiro atoms. The second-order valence-corrected chi connectivity index (χ2v) is 6.97. The van der Waals surface area contributed by atoms with Crippen molar-refractivity contribution < 1.29 is 19.1 Å². The van der Waals surface area contributed by atoms with Crippen LogP contribution in [0, 0.1) is 5.92 Å². The van der Waals surface area contributed by atoms with Crippen LogP contribution in [-0.2, 0) is 22.3 Å². The van der Waals surface area contributed by atoms with Gasteiger partial charge in [0.2, 0.25) is 0 Å². The molecule has 1 amide bonds. The molecule has 0 radical (unpaired) electrons. The molecule has 0 aromatic heterocycles. The highest BCUT2D eigenvalue weighted by molar-refractivity contribution is 5.89. The molecule has 0 saturated carbocycles. The highest BCUT2D eigenvalue weighted by atomic mass is 16.6. The summed E-state index contributed by atoms with van der Waals surface area (Å²) in [6.45, 7) is 6.12. The van der Waals surface area contributed by atoms with Crippen LogP contribution in [-0.4, -0.2) is 31.3 Å². The fourth-order valence-electron chi connectivity index (χ4n) is 2.79. The maximum Gasteiger partial charge on any atom is 0.407 e. The van der Waals surface area contributed by atoms with Crippen molar-refractivity contribution >= 4 is 12.1 Å². The number of nitrogens with one attached hydrogen (secondary N) is 1. The molecule has 0 bridgehead atoms. The Labute approximate surface area is 137 Å². The molecule has 5 nitrogen and oxygen atoms in total. The van der Waals surface area contributed by atoms with Gasteiger partial charge in [-0.2, -0.15) is 0 Å². The van der Waals surface area contributed by atoms with Gasteiger partial charge < -0.3 is 14.8 Å². The third kappa shape index (κ3) is 4.98. The van der Waals surface area contributed by atoms with E-state index in [0.29, 0.717) is 18.0 Å². The van der Waals surface area contributed by atoms with E-state index < -0.39 is 5.60 Å². The molecular weight excluding hydrogens is 294 g/mol. The number of carbonyl (C=O) groups excluding carboxylic acids is 2. The third-order valence-electron chi connectivity index (χ3n) is 3.89. The quantitative estimate of drug-likeness (QED) is 0.870. The third-order valence-corrected chi connectivity index (χ3v) is 3.89. The number of esters is 1. The fourth-order valence-corrected chi connectivity index (χ4v) is 2.79. The van der Waals surface area contributed by atoms with Gasteiger partial charge in [-0.25, -0.2) is 9.59 Å². The number of ether oxygens (including phenoxy) is 2. The van der Waals surface area contributed by atoms with E-state index in [0.717, 1.165) is 24.8 Å². The molecule has 1 atom stereocenters. The molecule has 2 rings (SSSR count). The van der Waals surface area contributed by atoms with Gasteiger partial charge in [0, 0.05) is 6.54 Å². The minimum Gasteiger partial charge on any atom is -0.465 e. The first-order valence-corrected chi connectivity index (χ1v) is 7.95. The van der Waals surface area contributed by atoms with Gasteiger partial charge in [-0.1, -0.05) is 6.07 Å². The predicted octanol–water partition coefficient (Wildman–Crippen LogP) is 3.10. The zero-order valence-electron chi connectivity index (χ0n) is 14.3. The van der Waals surface area contributed by atoms with Crippen LogP contribution < -0.4 is 5.32 Å². The molecule has 1 aromatic rings.